The smallest absolute Gasteiger partial charge is 0.0802 e. The normalized spacial score (nSPS) is 12.7. The van der Waals surface area contributed by atoms with Crippen molar-refractivity contribution in [3.8, 4) is 39.1 Å². The molecule has 7 rings (SSSR count). The van der Waals surface area contributed by atoms with Gasteiger partial charge in [0.05, 0.1) is 17.9 Å². The van der Waals surface area contributed by atoms with Crippen LogP contribution in [-0.2, 0) is 6.54 Å². The summed E-state index contributed by atoms with van der Waals surface area (Å²) in [6.07, 6.45) is 9.59. The molecule has 3 heteroatoms. The summed E-state index contributed by atoms with van der Waals surface area (Å²) in [5.74, 6) is 0. The lowest BCUT2D eigenvalue weighted by Crippen LogP contribution is -2.04. The predicted octanol–water partition coefficient (Wildman–Crippen LogP) is 9.42. The SMILES string of the molecule is C=C(/C=C\C)c1c(/C=C\N)c2c(n1-c1cccc(-c3ccc4c5c(cccc35)-c3ccccc3-4)c1)CN=C2.CC. The third-order valence-corrected chi connectivity index (χ3v) is 7.71. The molecule has 0 bridgehead atoms. The van der Waals surface area contributed by atoms with Crippen molar-refractivity contribution in [3.05, 3.63) is 126 Å². The molecular weight excluding hydrogens is 486 g/mol. The molecule has 0 unspecified atom stereocenters. The lowest BCUT2D eigenvalue weighted by molar-refractivity contribution is 0.919. The number of rotatable bonds is 5. The Bertz CT molecular complexity index is 1850. The number of allylic oxidation sites excluding steroid dienone is 3. The van der Waals surface area contributed by atoms with E-state index in [1.165, 1.54) is 44.2 Å². The van der Waals surface area contributed by atoms with E-state index in [0.29, 0.717) is 6.54 Å². The lowest BCUT2D eigenvalue weighted by Gasteiger charge is -2.16. The molecule has 40 heavy (non-hydrogen) atoms. The van der Waals surface area contributed by atoms with E-state index in [9.17, 15) is 0 Å². The molecule has 1 aromatic heterocycles. The van der Waals surface area contributed by atoms with Gasteiger partial charge in [-0.15, -0.1) is 0 Å². The first-order valence-electron chi connectivity index (χ1n) is 13.9. The molecule has 5 aromatic rings. The van der Waals surface area contributed by atoms with Crippen molar-refractivity contribution in [3.63, 3.8) is 0 Å². The summed E-state index contributed by atoms with van der Waals surface area (Å²) in [4.78, 5) is 4.59. The first kappa shape index (κ1) is 25.4. The molecule has 3 nitrogen and oxygen atoms in total. The van der Waals surface area contributed by atoms with Gasteiger partial charge in [-0.1, -0.05) is 99.3 Å². The van der Waals surface area contributed by atoms with Crippen molar-refractivity contribution >= 4 is 28.6 Å². The van der Waals surface area contributed by atoms with E-state index in [4.69, 9.17) is 5.73 Å². The Morgan fingerprint density at radius 3 is 2.33 bits per heavy atom. The zero-order chi connectivity index (χ0) is 27.8. The van der Waals surface area contributed by atoms with Crippen LogP contribution in [0.25, 0.3) is 61.5 Å². The molecule has 1 aliphatic heterocycles. The number of hydrogen-bond acceptors (Lipinski definition) is 2. The number of aliphatic imine (C=N–C) groups is 1. The second-order valence-electron chi connectivity index (χ2n) is 9.80. The van der Waals surface area contributed by atoms with E-state index in [-0.39, 0.29) is 0 Å². The molecule has 4 aromatic carbocycles. The molecule has 2 N–H and O–H groups in total. The molecular formula is C37H33N3. The van der Waals surface area contributed by atoms with Crippen molar-refractivity contribution in [2.75, 3.05) is 0 Å². The molecule has 0 radical (unpaired) electrons. The van der Waals surface area contributed by atoms with E-state index in [1.54, 1.807) is 6.20 Å². The highest BCUT2D eigenvalue weighted by Gasteiger charge is 2.26. The summed E-state index contributed by atoms with van der Waals surface area (Å²) in [7, 11) is 0. The number of nitrogens with zero attached hydrogens (tertiary/aromatic N) is 2. The summed E-state index contributed by atoms with van der Waals surface area (Å²) in [6.45, 7) is 11.0. The van der Waals surface area contributed by atoms with Crippen LogP contribution in [0.1, 0.15) is 43.3 Å². The van der Waals surface area contributed by atoms with Gasteiger partial charge in [0.2, 0.25) is 0 Å². The zero-order valence-corrected chi connectivity index (χ0v) is 23.3. The maximum absolute atomic E-state index is 5.88. The van der Waals surface area contributed by atoms with Crippen molar-refractivity contribution in [1.29, 1.82) is 0 Å². The van der Waals surface area contributed by atoms with Crippen LogP contribution in [0.4, 0.5) is 0 Å². The average molecular weight is 520 g/mol. The Morgan fingerprint density at radius 2 is 1.57 bits per heavy atom. The van der Waals surface area contributed by atoms with Crippen LogP contribution in [0.2, 0.25) is 0 Å². The highest BCUT2D eigenvalue weighted by Crippen LogP contribution is 2.49. The molecule has 0 saturated heterocycles. The largest absolute Gasteiger partial charge is 0.405 e. The Hall–Kier alpha value is -4.89. The fraction of sp³-hybridized carbons (Fsp3) is 0.108. The van der Waals surface area contributed by atoms with Gasteiger partial charge in [0.1, 0.15) is 0 Å². The number of benzene rings is 4. The molecule has 1 aliphatic carbocycles. The highest BCUT2D eigenvalue weighted by molar-refractivity contribution is 6.18. The maximum Gasteiger partial charge on any atom is 0.0802 e. The summed E-state index contributed by atoms with van der Waals surface area (Å²) in [6, 6.07) is 28.7. The fourth-order valence-electron chi connectivity index (χ4n) is 6.20. The van der Waals surface area contributed by atoms with Crippen LogP contribution in [0, 0.1) is 0 Å². The van der Waals surface area contributed by atoms with Crippen LogP contribution in [0.5, 0.6) is 0 Å². The minimum absolute atomic E-state index is 0.632. The summed E-state index contributed by atoms with van der Waals surface area (Å²) >= 11 is 0. The Kier molecular flexibility index (Phi) is 6.57. The van der Waals surface area contributed by atoms with Gasteiger partial charge in [-0.05, 0) is 81.1 Å². The van der Waals surface area contributed by atoms with Gasteiger partial charge in [0.25, 0.3) is 0 Å². The van der Waals surface area contributed by atoms with Gasteiger partial charge in [-0.25, -0.2) is 0 Å². The maximum atomic E-state index is 5.88. The van der Waals surface area contributed by atoms with Gasteiger partial charge in [-0.3, -0.25) is 4.99 Å². The molecule has 0 amide bonds. The molecule has 0 spiro atoms. The summed E-state index contributed by atoms with van der Waals surface area (Å²) in [5, 5.41) is 2.61. The van der Waals surface area contributed by atoms with Gasteiger partial charge in [0, 0.05) is 23.0 Å². The van der Waals surface area contributed by atoms with E-state index >= 15 is 0 Å². The minimum Gasteiger partial charge on any atom is -0.405 e. The fourth-order valence-corrected chi connectivity index (χ4v) is 6.20. The van der Waals surface area contributed by atoms with Crippen molar-refractivity contribution in [1.82, 2.24) is 4.57 Å². The van der Waals surface area contributed by atoms with Gasteiger partial charge < -0.3 is 10.3 Å². The van der Waals surface area contributed by atoms with Gasteiger partial charge >= 0.3 is 0 Å². The monoisotopic (exact) mass is 519 g/mol. The van der Waals surface area contributed by atoms with Crippen molar-refractivity contribution in [2.24, 2.45) is 10.7 Å². The topological polar surface area (TPSA) is 43.3 Å². The Balaban J connectivity index is 0.00000142. The molecule has 0 saturated carbocycles. The minimum atomic E-state index is 0.632. The Labute approximate surface area is 236 Å². The van der Waals surface area contributed by atoms with Crippen LogP contribution in [0.15, 0.2) is 109 Å². The summed E-state index contributed by atoms with van der Waals surface area (Å²) < 4.78 is 2.30. The predicted molar refractivity (Wildman–Crippen MR) is 173 cm³/mol. The third kappa shape index (κ3) is 3.77. The zero-order valence-electron chi connectivity index (χ0n) is 23.3. The van der Waals surface area contributed by atoms with E-state index in [2.05, 4.69) is 101 Å². The van der Waals surface area contributed by atoms with E-state index in [0.717, 1.165) is 33.8 Å². The van der Waals surface area contributed by atoms with Crippen LogP contribution >= 0.6 is 0 Å². The van der Waals surface area contributed by atoms with E-state index < -0.39 is 0 Å². The van der Waals surface area contributed by atoms with Crippen molar-refractivity contribution in [2.45, 2.75) is 27.3 Å². The third-order valence-electron chi connectivity index (χ3n) is 7.71. The highest BCUT2D eigenvalue weighted by atomic mass is 15.0. The van der Waals surface area contributed by atoms with Crippen molar-refractivity contribution < 1.29 is 0 Å². The van der Waals surface area contributed by atoms with Crippen LogP contribution < -0.4 is 5.73 Å². The number of nitrogens with two attached hydrogens (primary N) is 1. The molecule has 2 aliphatic rings. The molecule has 0 fully saturated rings. The van der Waals surface area contributed by atoms with E-state index in [1.807, 2.05) is 39.1 Å². The number of hydrogen-bond donors (Lipinski definition) is 1. The summed E-state index contributed by atoms with van der Waals surface area (Å²) in [5.41, 5.74) is 20.0. The second-order valence-corrected chi connectivity index (χ2v) is 9.80. The Morgan fingerprint density at radius 1 is 0.875 bits per heavy atom. The van der Waals surface area contributed by atoms with Gasteiger partial charge in [-0.2, -0.15) is 0 Å². The number of fused-ring (bicyclic) bond motifs is 4. The standard InChI is InChI=1S/C35H27N3.C2H6/c1-3-8-22(2)35-31(17-18-36)32-20-37-21-33(32)38(35)24-10-6-9-23(19-24)25-15-16-30-27-12-5-4-11-26(27)29-14-7-13-28(25)34(29)30;1-2/h3-20H,2,21,36H2,1H3;1-2H3/b8-3-,18-17-;. The van der Waals surface area contributed by atoms with Crippen LogP contribution in [0.3, 0.4) is 0 Å². The van der Waals surface area contributed by atoms with Gasteiger partial charge in [0.15, 0.2) is 0 Å². The molecule has 0 atom stereocenters. The molecule has 2 heterocycles. The quantitative estimate of drug-likeness (QED) is 0.227. The molecule has 196 valence electrons. The second kappa shape index (κ2) is 10.3. The first-order valence-corrected chi connectivity index (χ1v) is 13.9. The number of aromatic nitrogens is 1. The average Bonchev–Trinajstić information content (AvgIpc) is 3.68. The van der Waals surface area contributed by atoms with Crippen LogP contribution in [-0.4, -0.2) is 10.8 Å². The first-order chi connectivity index (χ1) is 19.7. The lowest BCUT2D eigenvalue weighted by atomic mass is 9.94.